The summed E-state index contributed by atoms with van der Waals surface area (Å²) >= 11 is 5.41. The van der Waals surface area contributed by atoms with Crippen LogP contribution in [0, 0.1) is 6.92 Å². The molecule has 1 N–H and O–H groups in total. The van der Waals surface area contributed by atoms with E-state index in [4.69, 9.17) is 11.6 Å². The Hall–Kier alpha value is -1.61. The van der Waals surface area contributed by atoms with Crippen LogP contribution in [0.1, 0.15) is 15.9 Å². The molecule has 2 rings (SSSR count). The van der Waals surface area contributed by atoms with Crippen LogP contribution in [0.5, 0.6) is 0 Å². The molecule has 0 atom stereocenters. The predicted molar refractivity (Wildman–Crippen MR) is 59.5 cm³/mol. The minimum Gasteiger partial charge on any atom is -0.322 e. The molecule has 1 aromatic heterocycles. The van der Waals surface area contributed by atoms with E-state index in [1.54, 1.807) is 6.07 Å². The number of H-pyrrole nitrogens is 1. The summed E-state index contributed by atoms with van der Waals surface area (Å²) in [5.41, 5.74) is 1.56. The van der Waals surface area contributed by atoms with Crippen molar-refractivity contribution < 1.29 is 4.79 Å². The van der Waals surface area contributed by atoms with Crippen molar-refractivity contribution in [2.75, 3.05) is 0 Å². The largest absolute Gasteiger partial charge is 0.322 e. The number of halogens is 1. The normalized spacial score (nSPS) is 10.5. The highest BCUT2D eigenvalue weighted by molar-refractivity contribution is 6.68. The van der Waals surface area contributed by atoms with Crippen molar-refractivity contribution in [2.24, 2.45) is 0 Å². The third kappa shape index (κ3) is 1.78. The number of hydrogen-bond donors (Lipinski definition) is 1. The summed E-state index contributed by atoms with van der Waals surface area (Å²) < 4.78 is 0. The van der Waals surface area contributed by atoms with E-state index in [2.05, 4.69) is 4.98 Å². The Balaban J connectivity index is 2.94. The molecule has 0 bridgehead atoms. The first kappa shape index (κ1) is 9.93. The van der Waals surface area contributed by atoms with Crippen LogP contribution in [0.25, 0.3) is 10.9 Å². The average Bonchev–Trinajstić information content (AvgIpc) is 2.17. The molecule has 0 unspecified atom stereocenters. The number of pyridine rings is 1. The summed E-state index contributed by atoms with van der Waals surface area (Å²) in [6.45, 7) is 1.91. The van der Waals surface area contributed by atoms with E-state index < -0.39 is 5.24 Å². The molecule has 0 amide bonds. The quantitative estimate of drug-likeness (QED) is 0.751. The van der Waals surface area contributed by atoms with Crippen LogP contribution in [0.4, 0.5) is 0 Å². The molecular weight excluding hydrogens is 214 g/mol. The highest BCUT2D eigenvalue weighted by Crippen LogP contribution is 2.18. The molecule has 4 heteroatoms. The van der Waals surface area contributed by atoms with Crippen molar-refractivity contribution in [2.45, 2.75) is 6.92 Å². The lowest BCUT2D eigenvalue weighted by atomic mass is 10.1. The molecule has 1 heterocycles. The Morgan fingerprint density at radius 3 is 2.73 bits per heavy atom. The van der Waals surface area contributed by atoms with Crippen molar-refractivity contribution in [3.05, 3.63) is 45.7 Å². The van der Waals surface area contributed by atoms with Crippen LogP contribution in [0.2, 0.25) is 0 Å². The molecule has 0 spiro atoms. The number of benzene rings is 1. The molecule has 1 aromatic carbocycles. The summed E-state index contributed by atoms with van der Waals surface area (Å²) in [5, 5.41) is 0.0614. The van der Waals surface area contributed by atoms with E-state index in [1.165, 1.54) is 6.07 Å². The number of nitrogens with one attached hydrogen (secondary N) is 1. The highest BCUT2D eigenvalue weighted by Gasteiger charge is 2.09. The molecule has 76 valence electrons. The lowest BCUT2D eigenvalue weighted by Crippen LogP contribution is -2.08. The van der Waals surface area contributed by atoms with Crippen molar-refractivity contribution in [3.8, 4) is 0 Å². The molecular formula is C11H8ClNO2. The van der Waals surface area contributed by atoms with Gasteiger partial charge in [0.1, 0.15) is 0 Å². The van der Waals surface area contributed by atoms with Gasteiger partial charge >= 0.3 is 0 Å². The van der Waals surface area contributed by atoms with Crippen molar-refractivity contribution in [1.82, 2.24) is 4.98 Å². The molecule has 2 aromatic rings. The van der Waals surface area contributed by atoms with Gasteiger partial charge in [-0.1, -0.05) is 11.6 Å². The van der Waals surface area contributed by atoms with E-state index in [0.29, 0.717) is 10.9 Å². The van der Waals surface area contributed by atoms with Crippen LogP contribution in [0.15, 0.2) is 29.1 Å². The molecule has 3 nitrogen and oxygen atoms in total. The van der Waals surface area contributed by atoms with Crippen LogP contribution in [-0.2, 0) is 0 Å². The van der Waals surface area contributed by atoms with Crippen LogP contribution < -0.4 is 5.56 Å². The Labute approximate surface area is 90.7 Å². The number of rotatable bonds is 1. The molecule has 0 saturated heterocycles. The first-order chi connectivity index (χ1) is 7.08. The second kappa shape index (κ2) is 3.51. The SMILES string of the molecule is Cc1ccc2[nH]c(=O)cc(C(=O)Cl)c2c1. The van der Waals surface area contributed by atoms with Crippen LogP contribution >= 0.6 is 11.6 Å². The van der Waals surface area contributed by atoms with Gasteiger partial charge in [0.25, 0.3) is 5.24 Å². The Kier molecular flexibility index (Phi) is 2.32. The first-order valence-electron chi connectivity index (χ1n) is 4.41. The van der Waals surface area contributed by atoms with Crippen LogP contribution in [0.3, 0.4) is 0 Å². The number of carbonyl (C=O) groups is 1. The van der Waals surface area contributed by atoms with Gasteiger partial charge in [-0.25, -0.2) is 0 Å². The van der Waals surface area contributed by atoms with Gasteiger partial charge in [0.05, 0.1) is 0 Å². The average molecular weight is 222 g/mol. The topological polar surface area (TPSA) is 49.9 Å². The smallest absolute Gasteiger partial charge is 0.253 e. The zero-order chi connectivity index (χ0) is 11.0. The van der Waals surface area contributed by atoms with Gasteiger partial charge in [-0.15, -0.1) is 0 Å². The maximum Gasteiger partial charge on any atom is 0.253 e. The Morgan fingerprint density at radius 1 is 1.33 bits per heavy atom. The molecule has 0 aliphatic heterocycles. The van der Waals surface area contributed by atoms with Gasteiger partial charge in [0.15, 0.2) is 0 Å². The van der Waals surface area contributed by atoms with Gasteiger partial charge < -0.3 is 4.98 Å². The number of aromatic nitrogens is 1. The van der Waals surface area contributed by atoms with E-state index >= 15 is 0 Å². The summed E-state index contributed by atoms with van der Waals surface area (Å²) in [5.74, 6) is 0. The zero-order valence-electron chi connectivity index (χ0n) is 8.00. The first-order valence-corrected chi connectivity index (χ1v) is 4.79. The maximum absolute atomic E-state index is 11.2. The Bertz CT molecular complexity index is 601. The lowest BCUT2D eigenvalue weighted by Gasteiger charge is -2.02. The molecule has 15 heavy (non-hydrogen) atoms. The fourth-order valence-electron chi connectivity index (χ4n) is 1.53. The highest BCUT2D eigenvalue weighted by atomic mass is 35.5. The van der Waals surface area contributed by atoms with Crippen molar-refractivity contribution >= 4 is 27.7 Å². The van der Waals surface area contributed by atoms with E-state index in [0.717, 1.165) is 5.56 Å². The van der Waals surface area contributed by atoms with Gasteiger partial charge in [-0.05, 0) is 30.7 Å². The van der Waals surface area contributed by atoms with E-state index in [1.807, 2.05) is 19.1 Å². The van der Waals surface area contributed by atoms with Gasteiger partial charge in [-0.2, -0.15) is 0 Å². The zero-order valence-corrected chi connectivity index (χ0v) is 8.76. The number of aromatic amines is 1. The number of hydrogen-bond acceptors (Lipinski definition) is 2. The predicted octanol–water partition coefficient (Wildman–Crippen LogP) is 2.22. The summed E-state index contributed by atoms with van der Waals surface area (Å²) in [4.78, 5) is 25.0. The molecule has 0 saturated carbocycles. The lowest BCUT2D eigenvalue weighted by molar-refractivity contribution is 0.108. The second-order valence-corrected chi connectivity index (χ2v) is 3.71. The van der Waals surface area contributed by atoms with E-state index in [-0.39, 0.29) is 11.1 Å². The Morgan fingerprint density at radius 2 is 2.07 bits per heavy atom. The third-order valence-corrected chi connectivity index (χ3v) is 2.41. The standard InChI is InChI=1S/C11H8ClNO2/c1-6-2-3-9-7(4-6)8(11(12)15)5-10(14)13-9/h2-5H,1H3,(H,13,14). The van der Waals surface area contributed by atoms with Crippen molar-refractivity contribution in [1.29, 1.82) is 0 Å². The second-order valence-electron chi connectivity index (χ2n) is 3.37. The van der Waals surface area contributed by atoms with Gasteiger partial charge in [0, 0.05) is 22.5 Å². The summed E-state index contributed by atoms with van der Waals surface area (Å²) in [6, 6.07) is 6.66. The van der Waals surface area contributed by atoms with Gasteiger partial charge in [-0.3, -0.25) is 9.59 Å². The monoisotopic (exact) mass is 221 g/mol. The molecule has 0 aliphatic carbocycles. The summed E-state index contributed by atoms with van der Waals surface area (Å²) in [7, 11) is 0. The van der Waals surface area contributed by atoms with Crippen molar-refractivity contribution in [3.63, 3.8) is 0 Å². The molecule has 0 fully saturated rings. The minimum atomic E-state index is -0.614. The molecule has 0 aliphatic rings. The van der Waals surface area contributed by atoms with Gasteiger partial charge in [0.2, 0.25) is 5.56 Å². The van der Waals surface area contributed by atoms with E-state index in [9.17, 15) is 9.59 Å². The van der Waals surface area contributed by atoms with Crippen LogP contribution in [-0.4, -0.2) is 10.2 Å². The fourth-order valence-corrected chi connectivity index (χ4v) is 1.69. The number of aryl methyl sites for hydroxylation is 1. The maximum atomic E-state index is 11.2. The minimum absolute atomic E-state index is 0.249. The number of fused-ring (bicyclic) bond motifs is 1. The molecule has 0 radical (unpaired) electrons. The summed E-state index contributed by atoms with van der Waals surface area (Å²) in [6.07, 6.45) is 0. The number of carbonyl (C=O) groups excluding carboxylic acids is 1. The third-order valence-electron chi connectivity index (χ3n) is 2.21. The fraction of sp³-hybridized carbons (Fsp3) is 0.0909.